The summed E-state index contributed by atoms with van der Waals surface area (Å²) in [7, 11) is 0. The van der Waals surface area contributed by atoms with Gasteiger partial charge >= 0.3 is 11.8 Å². The number of anilines is 1. The van der Waals surface area contributed by atoms with Gasteiger partial charge in [0.15, 0.2) is 0 Å². The van der Waals surface area contributed by atoms with E-state index in [0.717, 1.165) is 11.1 Å². The van der Waals surface area contributed by atoms with Crippen molar-refractivity contribution in [1.82, 2.24) is 4.90 Å². The van der Waals surface area contributed by atoms with Gasteiger partial charge in [-0.1, -0.05) is 17.7 Å². The zero-order valence-electron chi connectivity index (χ0n) is 11.2. The zero-order chi connectivity index (χ0) is 13.8. The number of morpholine rings is 1. The van der Waals surface area contributed by atoms with Crippen LogP contribution in [0.4, 0.5) is 5.69 Å². The van der Waals surface area contributed by atoms with Gasteiger partial charge in [0.2, 0.25) is 0 Å². The van der Waals surface area contributed by atoms with Gasteiger partial charge in [0.25, 0.3) is 0 Å². The lowest BCUT2D eigenvalue weighted by Crippen LogP contribution is -2.45. The Morgan fingerprint density at radius 1 is 1.21 bits per heavy atom. The molecule has 102 valence electrons. The molecule has 2 rings (SSSR count). The van der Waals surface area contributed by atoms with Gasteiger partial charge in [-0.15, -0.1) is 0 Å². The second-order valence-corrected chi connectivity index (χ2v) is 4.68. The predicted molar refractivity (Wildman–Crippen MR) is 71.9 cm³/mol. The predicted octanol–water partition coefficient (Wildman–Crippen LogP) is 1.10. The molecule has 5 nitrogen and oxygen atoms in total. The van der Waals surface area contributed by atoms with Crippen LogP contribution in [0.2, 0.25) is 0 Å². The van der Waals surface area contributed by atoms with Gasteiger partial charge in [-0.05, 0) is 25.5 Å². The van der Waals surface area contributed by atoms with Crippen molar-refractivity contribution in [3.63, 3.8) is 0 Å². The van der Waals surface area contributed by atoms with Gasteiger partial charge < -0.3 is 15.0 Å². The van der Waals surface area contributed by atoms with Gasteiger partial charge in [-0.3, -0.25) is 9.59 Å². The Morgan fingerprint density at radius 2 is 1.89 bits per heavy atom. The monoisotopic (exact) mass is 262 g/mol. The molecular weight excluding hydrogens is 244 g/mol. The van der Waals surface area contributed by atoms with Crippen LogP contribution in [-0.4, -0.2) is 43.0 Å². The van der Waals surface area contributed by atoms with Gasteiger partial charge in [-0.2, -0.15) is 0 Å². The molecule has 0 unspecified atom stereocenters. The average Bonchev–Trinajstić information content (AvgIpc) is 2.42. The zero-order valence-corrected chi connectivity index (χ0v) is 11.2. The van der Waals surface area contributed by atoms with Crippen LogP contribution >= 0.6 is 0 Å². The van der Waals surface area contributed by atoms with E-state index in [2.05, 4.69) is 5.32 Å². The van der Waals surface area contributed by atoms with Crippen LogP contribution in [0.25, 0.3) is 0 Å². The second kappa shape index (κ2) is 5.84. The fourth-order valence-corrected chi connectivity index (χ4v) is 2.04. The van der Waals surface area contributed by atoms with Crippen molar-refractivity contribution in [1.29, 1.82) is 0 Å². The maximum absolute atomic E-state index is 11.9. The first-order chi connectivity index (χ1) is 9.08. The molecule has 0 bridgehead atoms. The van der Waals surface area contributed by atoms with Crippen molar-refractivity contribution in [2.75, 3.05) is 31.6 Å². The minimum atomic E-state index is -0.589. The number of hydrogen-bond acceptors (Lipinski definition) is 3. The molecular formula is C14H18N2O3. The van der Waals surface area contributed by atoms with Crippen molar-refractivity contribution in [2.45, 2.75) is 13.8 Å². The summed E-state index contributed by atoms with van der Waals surface area (Å²) < 4.78 is 5.15. The Bertz CT molecular complexity index is 493. The van der Waals surface area contributed by atoms with Crippen molar-refractivity contribution in [2.24, 2.45) is 0 Å². The summed E-state index contributed by atoms with van der Waals surface area (Å²) in [5.41, 5.74) is 2.75. The standard InChI is InChI=1S/C14H18N2O3/c1-10-3-4-12(11(2)9-10)15-13(17)14(18)16-5-7-19-8-6-16/h3-4,9H,5-8H2,1-2H3,(H,15,17). The molecule has 1 aliphatic rings. The van der Waals surface area contributed by atoms with Crippen molar-refractivity contribution in [3.05, 3.63) is 29.3 Å². The third-order valence-electron chi connectivity index (χ3n) is 3.12. The molecule has 2 amide bonds. The number of carbonyl (C=O) groups excluding carboxylic acids is 2. The van der Waals surface area contributed by atoms with Crippen LogP contribution in [0, 0.1) is 13.8 Å². The molecule has 0 saturated carbocycles. The molecule has 5 heteroatoms. The lowest BCUT2D eigenvalue weighted by atomic mass is 10.1. The number of rotatable bonds is 1. The largest absolute Gasteiger partial charge is 0.378 e. The van der Waals surface area contributed by atoms with Gasteiger partial charge in [0.05, 0.1) is 13.2 Å². The van der Waals surface area contributed by atoms with Crippen LogP contribution < -0.4 is 5.32 Å². The Balaban J connectivity index is 2.01. The molecule has 0 spiro atoms. The second-order valence-electron chi connectivity index (χ2n) is 4.68. The van der Waals surface area contributed by atoms with E-state index in [0.29, 0.717) is 32.0 Å². The fraction of sp³-hybridized carbons (Fsp3) is 0.429. The average molecular weight is 262 g/mol. The summed E-state index contributed by atoms with van der Waals surface area (Å²) in [5, 5.41) is 2.66. The highest BCUT2D eigenvalue weighted by atomic mass is 16.5. The van der Waals surface area contributed by atoms with E-state index < -0.39 is 11.8 Å². The minimum Gasteiger partial charge on any atom is -0.378 e. The third-order valence-corrected chi connectivity index (χ3v) is 3.12. The molecule has 1 heterocycles. The number of ether oxygens (including phenoxy) is 1. The lowest BCUT2D eigenvalue weighted by molar-refractivity contribution is -0.145. The summed E-state index contributed by atoms with van der Waals surface area (Å²) in [6.45, 7) is 5.81. The molecule has 1 aromatic carbocycles. The van der Waals surface area contributed by atoms with Crippen LogP contribution in [-0.2, 0) is 14.3 Å². The highest BCUT2D eigenvalue weighted by Gasteiger charge is 2.23. The van der Waals surface area contributed by atoms with Gasteiger partial charge in [0.1, 0.15) is 0 Å². The molecule has 1 aliphatic heterocycles. The number of nitrogens with one attached hydrogen (secondary N) is 1. The number of carbonyl (C=O) groups is 2. The molecule has 0 atom stereocenters. The number of hydrogen-bond donors (Lipinski definition) is 1. The van der Waals surface area contributed by atoms with Gasteiger partial charge in [0, 0.05) is 18.8 Å². The Kier molecular flexibility index (Phi) is 4.16. The van der Waals surface area contributed by atoms with Crippen molar-refractivity contribution < 1.29 is 14.3 Å². The molecule has 19 heavy (non-hydrogen) atoms. The maximum Gasteiger partial charge on any atom is 0.313 e. The van der Waals surface area contributed by atoms with Crippen LogP contribution in [0.3, 0.4) is 0 Å². The van der Waals surface area contributed by atoms with E-state index >= 15 is 0 Å². The molecule has 0 radical (unpaired) electrons. The molecule has 1 saturated heterocycles. The molecule has 1 fully saturated rings. The highest BCUT2D eigenvalue weighted by molar-refractivity contribution is 6.39. The fourth-order valence-electron chi connectivity index (χ4n) is 2.04. The Morgan fingerprint density at radius 3 is 2.53 bits per heavy atom. The van der Waals surface area contributed by atoms with Crippen LogP contribution in [0.15, 0.2) is 18.2 Å². The quantitative estimate of drug-likeness (QED) is 0.771. The number of aryl methyl sites for hydroxylation is 2. The normalized spacial score (nSPS) is 15.2. The van der Waals surface area contributed by atoms with E-state index in [9.17, 15) is 9.59 Å². The highest BCUT2D eigenvalue weighted by Crippen LogP contribution is 2.16. The summed E-state index contributed by atoms with van der Waals surface area (Å²) in [4.78, 5) is 25.4. The lowest BCUT2D eigenvalue weighted by Gasteiger charge is -2.26. The summed E-state index contributed by atoms with van der Waals surface area (Å²) in [6, 6.07) is 5.69. The van der Waals surface area contributed by atoms with E-state index in [1.165, 1.54) is 4.90 Å². The van der Waals surface area contributed by atoms with Crippen LogP contribution in [0.5, 0.6) is 0 Å². The number of amides is 2. The minimum absolute atomic E-state index is 0.471. The van der Waals surface area contributed by atoms with Gasteiger partial charge in [-0.25, -0.2) is 0 Å². The van der Waals surface area contributed by atoms with Crippen LogP contribution in [0.1, 0.15) is 11.1 Å². The van der Waals surface area contributed by atoms with E-state index in [-0.39, 0.29) is 0 Å². The Labute approximate surface area is 112 Å². The number of benzene rings is 1. The summed E-state index contributed by atoms with van der Waals surface area (Å²) in [5.74, 6) is -1.09. The summed E-state index contributed by atoms with van der Waals surface area (Å²) >= 11 is 0. The van der Waals surface area contributed by atoms with E-state index in [1.54, 1.807) is 0 Å². The smallest absolute Gasteiger partial charge is 0.313 e. The molecule has 0 aromatic heterocycles. The number of nitrogens with zero attached hydrogens (tertiary/aromatic N) is 1. The summed E-state index contributed by atoms with van der Waals surface area (Å²) in [6.07, 6.45) is 0. The first-order valence-corrected chi connectivity index (χ1v) is 6.33. The Hall–Kier alpha value is -1.88. The first-order valence-electron chi connectivity index (χ1n) is 6.33. The van der Waals surface area contributed by atoms with Crippen molar-refractivity contribution >= 4 is 17.5 Å². The molecule has 0 aliphatic carbocycles. The SMILES string of the molecule is Cc1ccc(NC(=O)C(=O)N2CCOCC2)c(C)c1. The molecule has 1 aromatic rings. The van der Waals surface area contributed by atoms with E-state index in [4.69, 9.17) is 4.74 Å². The molecule has 1 N–H and O–H groups in total. The van der Waals surface area contributed by atoms with Crippen molar-refractivity contribution in [3.8, 4) is 0 Å². The third kappa shape index (κ3) is 3.32. The maximum atomic E-state index is 11.9. The van der Waals surface area contributed by atoms with E-state index in [1.807, 2.05) is 32.0 Å². The first kappa shape index (κ1) is 13.5. The topological polar surface area (TPSA) is 58.6 Å².